The van der Waals surface area contributed by atoms with E-state index in [1.54, 1.807) is 0 Å². The van der Waals surface area contributed by atoms with Crippen molar-refractivity contribution in [3.05, 3.63) is 156 Å². The number of hydrogen-bond donors (Lipinski definition) is 0. The van der Waals surface area contributed by atoms with E-state index in [9.17, 15) is 0 Å². The quantitative estimate of drug-likeness (QED) is 0.222. The van der Waals surface area contributed by atoms with E-state index < -0.39 is 0 Å². The molecular weight excluding hydrogens is 482 g/mol. The molecule has 8 rings (SSSR count). The van der Waals surface area contributed by atoms with Gasteiger partial charge in [0.1, 0.15) is 0 Å². The first-order chi connectivity index (χ1) is 19.7. The van der Waals surface area contributed by atoms with E-state index in [0.717, 1.165) is 12.8 Å². The van der Waals surface area contributed by atoms with Gasteiger partial charge in [-0.15, -0.1) is 0 Å². The van der Waals surface area contributed by atoms with E-state index in [2.05, 4.69) is 145 Å². The number of aryl methyl sites for hydroxylation is 1. The first-order valence-corrected chi connectivity index (χ1v) is 14.1. The maximum atomic E-state index is 2.38. The lowest BCUT2D eigenvalue weighted by Crippen LogP contribution is -1.88. The van der Waals surface area contributed by atoms with Crippen LogP contribution in [-0.4, -0.2) is 4.57 Å². The van der Waals surface area contributed by atoms with E-state index in [0.29, 0.717) is 0 Å². The number of aromatic nitrogens is 1. The van der Waals surface area contributed by atoms with E-state index in [1.165, 1.54) is 77.4 Å². The monoisotopic (exact) mass is 511 g/mol. The van der Waals surface area contributed by atoms with Crippen molar-refractivity contribution in [2.75, 3.05) is 0 Å². The second-order valence-corrected chi connectivity index (χ2v) is 11.1. The molecule has 6 aromatic carbocycles. The predicted octanol–water partition coefficient (Wildman–Crippen LogP) is 9.83. The molecule has 0 atom stereocenters. The number of rotatable bonds is 4. The molecule has 1 heterocycles. The molecule has 0 amide bonds. The lowest BCUT2D eigenvalue weighted by molar-refractivity contribution is 1.01. The largest absolute Gasteiger partial charge is 0.344 e. The molecule has 0 saturated carbocycles. The van der Waals surface area contributed by atoms with Crippen molar-refractivity contribution >= 4 is 21.8 Å². The van der Waals surface area contributed by atoms with E-state index >= 15 is 0 Å². The van der Waals surface area contributed by atoms with E-state index in [-0.39, 0.29) is 0 Å². The number of benzene rings is 6. The highest BCUT2D eigenvalue weighted by molar-refractivity contribution is 6.10. The van der Waals surface area contributed by atoms with Crippen molar-refractivity contribution in [3.8, 4) is 33.4 Å². The molecule has 1 nitrogen and oxygen atoms in total. The predicted molar refractivity (Wildman–Crippen MR) is 169 cm³/mol. The maximum absolute atomic E-state index is 2.38. The number of hydrogen-bond acceptors (Lipinski definition) is 0. The third kappa shape index (κ3) is 3.78. The number of fused-ring (bicyclic) bond motifs is 6. The topological polar surface area (TPSA) is 4.93 Å². The third-order valence-electron chi connectivity index (χ3n) is 8.68. The van der Waals surface area contributed by atoms with Gasteiger partial charge in [0, 0.05) is 28.9 Å². The van der Waals surface area contributed by atoms with Crippen LogP contribution in [0.3, 0.4) is 0 Å². The zero-order chi connectivity index (χ0) is 26.6. The first-order valence-electron chi connectivity index (χ1n) is 14.1. The molecule has 190 valence electrons. The maximum Gasteiger partial charge on any atom is 0.0489 e. The minimum Gasteiger partial charge on any atom is -0.344 e. The van der Waals surface area contributed by atoms with Crippen LogP contribution in [0.4, 0.5) is 0 Å². The highest BCUT2D eigenvalue weighted by Gasteiger charge is 2.19. The molecule has 0 fully saturated rings. The lowest BCUT2D eigenvalue weighted by Gasteiger charge is -2.07. The molecule has 0 N–H and O–H groups in total. The van der Waals surface area contributed by atoms with Gasteiger partial charge < -0.3 is 4.57 Å². The van der Waals surface area contributed by atoms with Crippen LogP contribution in [0.2, 0.25) is 0 Å². The van der Waals surface area contributed by atoms with Gasteiger partial charge in [0.05, 0.1) is 0 Å². The molecule has 7 aromatic rings. The molecule has 0 aliphatic heterocycles. The van der Waals surface area contributed by atoms with Crippen molar-refractivity contribution in [3.63, 3.8) is 0 Å². The average Bonchev–Trinajstić information content (AvgIpc) is 3.52. The highest BCUT2D eigenvalue weighted by atomic mass is 14.9. The van der Waals surface area contributed by atoms with Gasteiger partial charge in [-0.05, 0) is 98.8 Å². The Kier molecular flexibility index (Phi) is 5.24. The Labute approximate surface area is 235 Å². The van der Waals surface area contributed by atoms with Gasteiger partial charge in [0.15, 0.2) is 0 Å². The summed E-state index contributed by atoms with van der Waals surface area (Å²) in [7, 11) is 2.18. The Morgan fingerprint density at radius 1 is 0.475 bits per heavy atom. The Balaban J connectivity index is 1.18. The van der Waals surface area contributed by atoms with Crippen molar-refractivity contribution < 1.29 is 0 Å². The highest BCUT2D eigenvalue weighted by Crippen LogP contribution is 2.40. The standard InChI is InChI=1S/C39H29N/c1-40-38-19-17-29(28-13-11-27(12-14-28)21-26-7-3-2-4-8-26)24-36(38)37-25-31(18-20-39(37)40)30-15-16-33-22-32-9-5-6-10-34(32)35(33)23-30/h2-20,23-25H,21-22H2,1H3. The van der Waals surface area contributed by atoms with Gasteiger partial charge in [-0.1, -0.05) is 103 Å². The van der Waals surface area contributed by atoms with Crippen LogP contribution in [0.1, 0.15) is 22.3 Å². The van der Waals surface area contributed by atoms with Crippen molar-refractivity contribution in [2.45, 2.75) is 12.8 Å². The Hall–Kier alpha value is -4.88. The molecule has 40 heavy (non-hydrogen) atoms. The summed E-state index contributed by atoms with van der Waals surface area (Å²) in [5, 5.41) is 2.61. The summed E-state index contributed by atoms with van der Waals surface area (Å²) in [5.74, 6) is 0. The summed E-state index contributed by atoms with van der Waals surface area (Å²) in [6, 6.07) is 49.4. The normalized spacial score (nSPS) is 12.1. The smallest absolute Gasteiger partial charge is 0.0489 e. The summed E-state index contributed by atoms with van der Waals surface area (Å²) in [6.45, 7) is 0. The Morgan fingerprint density at radius 2 is 1.02 bits per heavy atom. The molecule has 0 spiro atoms. The fourth-order valence-corrected chi connectivity index (χ4v) is 6.53. The van der Waals surface area contributed by atoms with Crippen LogP contribution in [-0.2, 0) is 19.9 Å². The molecule has 1 aliphatic rings. The van der Waals surface area contributed by atoms with E-state index in [4.69, 9.17) is 0 Å². The van der Waals surface area contributed by atoms with Crippen LogP contribution in [0.5, 0.6) is 0 Å². The van der Waals surface area contributed by atoms with Crippen LogP contribution < -0.4 is 0 Å². The molecule has 0 radical (unpaired) electrons. The molecule has 1 heteroatoms. The SMILES string of the molecule is Cn1c2ccc(-c3ccc(Cc4ccccc4)cc3)cc2c2cc(-c3ccc4c(c3)-c3ccccc3C4)ccc21. The Bertz CT molecular complexity index is 2040. The fraction of sp³-hybridized carbons (Fsp3) is 0.0769. The van der Waals surface area contributed by atoms with Gasteiger partial charge in [-0.25, -0.2) is 0 Å². The zero-order valence-electron chi connectivity index (χ0n) is 22.6. The molecule has 1 aliphatic carbocycles. The molecule has 1 aromatic heterocycles. The van der Waals surface area contributed by atoms with E-state index in [1.807, 2.05) is 0 Å². The summed E-state index contributed by atoms with van der Waals surface area (Å²) >= 11 is 0. The second-order valence-electron chi connectivity index (χ2n) is 11.1. The summed E-state index contributed by atoms with van der Waals surface area (Å²) in [6.07, 6.45) is 1.99. The van der Waals surface area contributed by atoms with Gasteiger partial charge in [-0.3, -0.25) is 0 Å². The van der Waals surface area contributed by atoms with Gasteiger partial charge in [0.25, 0.3) is 0 Å². The lowest BCUT2D eigenvalue weighted by atomic mass is 9.96. The minimum absolute atomic E-state index is 0.959. The molecule has 0 saturated heterocycles. The Morgan fingerprint density at radius 3 is 1.77 bits per heavy atom. The van der Waals surface area contributed by atoms with Crippen LogP contribution in [0.15, 0.2) is 133 Å². The van der Waals surface area contributed by atoms with Crippen LogP contribution in [0, 0.1) is 0 Å². The first kappa shape index (κ1) is 23.0. The van der Waals surface area contributed by atoms with Crippen LogP contribution >= 0.6 is 0 Å². The third-order valence-corrected chi connectivity index (χ3v) is 8.68. The summed E-state index contributed by atoms with van der Waals surface area (Å²) in [5.41, 5.74) is 15.9. The second kappa shape index (κ2) is 9.10. The number of nitrogens with zero attached hydrogens (tertiary/aromatic N) is 1. The molecule has 0 bridgehead atoms. The van der Waals surface area contributed by atoms with Crippen molar-refractivity contribution in [1.29, 1.82) is 0 Å². The van der Waals surface area contributed by atoms with Crippen LogP contribution in [0.25, 0.3) is 55.2 Å². The minimum atomic E-state index is 0.959. The van der Waals surface area contributed by atoms with Crippen molar-refractivity contribution in [2.24, 2.45) is 7.05 Å². The summed E-state index contributed by atoms with van der Waals surface area (Å²) in [4.78, 5) is 0. The fourth-order valence-electron chi connectivity index (χ4n) is 6.53. The summed E-state index contributed by atoms with van der Waals surface area (Å²) < 4.78 is 2.32. The van der Waals surface area contributed by atoms with Crippen molar-refractivity contribution in [1.82, 2.24) is 4.57 Å². The molecule has 0 unspecified atom stereocenters. The van der Waals surface area contributed by atoms with Gasteiger partial charge in [-0.2, -0.15) is 0 Å². The van der Waals surface area contributed by atoms with Gasteiger partial charge in [0.2, 0.25) is 0 Å². The molecular formula is C39H29N. The average molecular weight is 512 g/mol. The zero-order valence-corrected chi connectivity index (χ0v) is 22.6. The van der Waals surface area contributed by atoms with Gasteiger partial charge >= 0.3 is 0 Å².